The van der Waals surface area contributed by atoms with E-state index in [1.165, 1.54) is 25.9 Å². The van der Waals surface area contributed by atoms with E-state index in [4.69, 9.17) is 0 Å². The Morgan fingerprint density at radius 1 is 1.44 bits per heavy atom. The number of likely N-dealkylation sites (tertiary alicyclic amines) is 1. The van der Waals surface area contributed by atoms with E-state index in [0.29, 0.717) is 11.8 Å². The van der Waals surface area contributed by atoms with Crippen molar-refractivity contribution in [2.75, 3.05) is 32.7 Å². The van der Waals surface area contributed by atoms with E-state index in [0.717, 1.165) is 26.1 Å². The Morgan fingerprint density at radius 3 is 2.78 bits per heavy atom. The molecule has 1 amide bonds. The van der Waals surface area contributed by atoms with Crippen LogP contribution in [0, 0.1) is 11.8 Å². The Morgan fingerprint density at radius 2 is 2.17 bits per heavy atom. The molecule has 0 bridgehead atoms. The predicted octanol–water partition coefficient (Wildman–Crippen LogP) is 0.833. The molecule has 104 valence electrons. The molecular weight excluding hydrogens is 226 g/mol. The first kappa shape index (κ1) is 13.8. The summed E-state index contributed by atoms with van der Waals surface area (Å²) in [5.74, 6) is 1.20. The van der Waals surface area contributed by atoms with Crippen molar-refractivity contribution in [3.8, 4) is 0 Å². The van der Waals surface area contributed by atoms with Crippen LogP contribution in [0.3, 0.4) is 0 Å². The van der Waals surface area contributed by atoms with Crippen LogP contribution in [0.25, 0.3) is 0 Å². The van der Waals surface area contributed by atoms with Crippen molar-refractivity contribution in [2.24, 2.45) is 11.8 Å². The Balaban J connectivity index is 1.65. The summed E-state index contributed by atoms with van der Waals surface area (Å²) < 4.78 is 0. The topological polar surface area (TPSA) is 44.4 Å². The molecule has 2 fully saturated rings. The number of nitrogens with one attached hydrogen (secondary N) is 2. The van der Waals surface area contributed by atoms with Gasteiger partial charge in [0.25, 0.3) is 0 Å². The molecule has 3 atom stereocenters. The first-order chi connectivity index (χ1) is 8.66. The van der Waals surface area contributed by atoms with E-state index in [2.05, 4.69) is 29.4 Å². The molecule has 4 heteroatoms. The summed E-state index contributed by atoms with van der Waals surface area (Å²) in [4.78, 5) is 14.5. The maximum absolute atomic E-state index is 12.0. The van der Waals surface area contributed by atoms with Crippen molar-refractivity contribution in [1.82, 2.24) is 15.5 Å². The first-order valence-corrected chi connectivity index (χ1v) is 7.40. The van der Waals surface area contributed by atoms with E-state index in [1.54, 1.807) is 0 Å². The van der Waals surface area contributed by atoms with Gasteiger partial charge in [-0.05, 0) is 50.7 Å². The minimum absolute atomic E-state index is 0.0315. The first-order valence-electron chi connectivity index (χ1n) is 7.40. The van der Waals surface area contributed by atoms with Crippen LogP contribution in [0.1, 0.15) is 33.1 Å². The molecule has 2 saturated heterocycles. The average Bonchev–Trinajstić information content (AvgIpc) is 2.97. The zero-order valence-corrected chi connectivity index (χ0v) is 11.7. The maximum atomic E-state index is 12.0. The molecule has 18 heavy (non-hydrogen) atoms. The Hall–Kier alpha value is -0.610. The predicted molar refractivity (Wildman–Crippen MR) is 73.4 cm³/mol. The van der Waals surface area contributed by atoms with Gasteiger partial charge in [0.1, 0.15) is 0 Å². The highest BCUT2D eigenvalue weighted by Crippen LogP contribution is 2.14. The molecule has 2 N–H and O–H groups in total. The van der Waals surface area contributed by atoms with Gasteiger partial charge in [0.05, 0.1) is 6.04 Å². The van der Waals surface area contributed by atoms with Gasteiger partial charge in [-0.15, -0.1) is 0 Å². The second kappa shape index (κ2) is 6.53. The highest BCUT2D eigenvalue weighted by atomic mass is 16.2. The average molecular weight is 253 g/mol. The Kier molecular flexibility index (Phi) is 5.01. The third-order valence-corrected chi connectivity index (χ3v) is 4.21. The van der Waals surface area contributed by atoms with Crippen molar-refractivity contribution in [2.45, 2.75) is 39.2 Å². The highest BCUT2D eigenvalue weighted by molar-refractivity contribution is 5.82. The van der Waals surface area contributed by atoms with Crippen LogP contribution in [-0.4, -0.2) is 49.6 Å². The summed E-state index contributed by atoms with van der Waals surface area (Å²) in [5.41, 5.74) is 0. The van der Waals surface area contributed by atoms with Gasteiger partial charge in [-0.2, -0.15) is 0 Å². The zero-order valence-electron chi connectivity index (χ0n) is 11.7. The third-order valence-electron chi connectivity index (χ3n) is 4.21. The van der Waals surface area contributed by atoms with E-state index in [-0.39, 0.29) is 11.9 Å². The molecule has 2 aliphatic rings. The van der Waals surface area contributed by atoms with Gasteiger partial charge in [-0.1, -0.05) is 13.8 Å². The molecule has 0 aromatic rings. The molecular formula is C14H27N3O. The SMILES string of the molecule is CC(CNC(=O)C1NCCC1C)CN1CCCC1. The number of hydrogen-bond donors (Lipinski definition) is 2. The van der Waals surface area contributed by atoms with Crippen LogP contribution in [0.5, 0.6) is 0 Å². The maximum Gasteiger partial charge on any atom is 0.237 e. The Labute approximate surface area is 110 Å². The van der Waals surface area contributed by atoms with E-state index < -0.39 is 0 Å². The number of carbonyl (C=O) groups excluding carboxylic acids is 1. The van der Waals surface area contributed by atoms with Crippen molar-refractivity contribution >= 4 is 5.91 Å². The minimum atomic E-state index is 0.0315. The lowest BCUT2D eigenvalue weighted by Gasteiger charge is -2.22. The lowest BCUT2D eigenvalue weighted by atomic mass is 10.0. The van der Waals surface area contributed by atoms with Crippen molar-refractivity contribution in [3.05, 3.63) is 0 Å². The highest BCUT2D eigenvalue weighted by Gasteiger charge is 2.29. The normalized spacial score (nSPS) is 30.6. The number of amides is 1. The lowest BCUT2D eigenvalue weighted by molar-refractivity contribution is -0.123. The minimum Gasteiger partial charge on any atom is -0.354 e. The van der Waals surface area contributed by atoms with Crippen molar-refractivity contribution < 1.29 is 4.79 Å². The molecule has 2 aliphatic heterocycles. The second-order valence-corrected chi connectivity index (χ2v) is 6.06. The quantitative estimate of drug-likeness (QED) is 0.763. The van der Waals surface area contributed by atoms with Gasteiger partial charge in [0, 0.05) is 13.1 Å². The monoisotopic (exact) mass is 253 g/mol. The molecule has 0 aromatic carbocycles. The van der Waals surface area contributed by atoms with E-state index in [1.807, 2.05) is 0 Å². The molecule has 2 rings (SSSR count). The Bertz CT molecular complexity index is 276. The van der Waals surface area contributed by atoms with Gasteiger partial charge in [0.2, 0.25) is 5.91 Å². The summed E-state index contributed by atoms with van der Waals surface area (Å²) in [6, 6.07) is 0.0315. The van der Waals surface area contributed by atoms with Crippen LogP contribution >= 0.6 is 0 Å². The van der Waals surface area contributed by atoms with E-state index in [9.17, 15) is 4.79 Å². The van der Waals surface area contributed by atoms with Crippen LogP contribution < -0.4 is 10.6 Å². The number of carbonyl (C=O) groups is 1. The number of hydrogen-bond acceptors (Lipinski definition) is 3. The fourth-order valence-corrected chi connectivity index (χ4v) is 3.04. The summed E-state index contributed by atoms with van der Waals surface area (Å²) in [6.07, 6.45) is 3.78. The summed E-state index contributed by atoms with van der Waals surface area (Å²) in [7, 11) is 0. The molecule has 2 heterocycles. The summed E-state index contributed by atoms with van der Waals surface area (Å²) >= 11 is 0. The lowest BCUT2D eigenvalue weighted by Crippen LogP contribution is -2.45. The zero-order chi connectivity index (χ0) is 13.0. The van der Waals surface area contributed by atoms with Gasteiger partial charge in [0.15, 0.2) is 0 Å². The van der Waals surface area contributed by atoms with Crippen LogP contribution in [0.15, 0.2) is 0 Å². The molecule has 4 nitrogen and oxygen atoms in total. The second-order valence-electron chi connectivity index (χ2n) is 6.06. The van der Waals surface area contributed by atoms with Crippen molar-refractivity contribution in [1.29, 1.82) is 0 Å². The molecule has 0 aliphatic carbocycles. The van der Waals surface area contributed by atoms with Crippen molar-refractivity contribution in [3.63, 3.8) is 0 Å². The number of nitrogens with zero attached hydrogens (tertiary/aromatic N) is 1. The van der Waals surface area contributed by atoms with Gasteiger partial charge in [-0.3, -0.25) is 4.79 Å². The smallest absolute Gasteiger partial charge is 0.237 e. The fraction of sp³-hybridized carbons (Fsp3) is 0.929. The molecule has 0 radical (unpaired) electrons. The standard InChI is InChI=1S/C14H27N3O/c1-11(10-17-7-3-4-8-17)9-16-14(18)13-12(2)5-6-15-13/h11-13,15H,3-10H2,1-2H3,(H,16,18). The summed E-state index contributed by atoms with van der Waals surface area (Å²) in [6.45, 7) is 9.75. The molecule has 3 unspecified atom stereocenters. The van der Waals surface area contributed by atoms with E-state index >= 15 is 0 Å². The van der Waals surface area contributed by atoms with Gasteiger partial charge >= 0.3 is 0 Å². The van der Waals surface area contributed by atoms with Gasteiger partial charge < -0.3 is 15.5 Å². The largest absolute Gasteiger partial charge is 0.354 e. The molecule has 0 saturated carbocycles. The van der Waals surface area contributed by atoms with Crippen LogP contribution in [-0.2, 0) is 4.79 Å². The molecule has 0 aromatic heterocycles. The van der Waals surface area contributed by atoms with Crippen LogP contribution in [0.4, 0.5) is 0 Å². The summed E-state index contributed by atoms with van der Waals surface area (Å²) in [5, 5.41) is 6.38. The van der Waals surface area contributed by atoms with Crippen LogP contribution in [0.2, 0.25) is 0 Å². The van der Waals surface area contributed by atoms with Gasteiger partial charge in [-0.25, -0.2) is 0 Å². The molecule has 0 spiro atoms. The number of rotatable bonds is 5. The fourth-order valence-electron chi connectivity index (χ4n) is 3.04. The third kappa shape index (κ3) is 3.69.